The Morgan fingerprint density at radius 3 is 2.45 bits per heavy atom. The first-order chi connectivity index (χ1) is 9.26. The number of nitrogens with zero attached hydrogens (tertiary/aromatic N) is 2. The molecule has 0 radical (unpaired) electrons. The first-order valence-electron chi connectivity index (χ1n) is 6.46. The Balaban J connectivity index is 2.22. The quantitative estimate of drug-likeness (QED) is 0.868. The van der Waals surface area contributed by atoms with Gasteiger partial charge in [-0.05, 0) is 13.8 Å². The molecule has 1 fully saturated rings. The largest absolute Gasteiger partial charge is 0.388 e. The molecule has 0 unspecified atom stereocenters. The van der Waals surface area contributed by atoms with Gasteiger partial charge in [-0.25, -0.2) is 8.42 Å². The van der Waals surface area contributed by atoms with E-state index in [9.17, 15) is 13.5 Å². The number of aromatic nitrogens is 1. The van der Waals surface area contributed by atoms with Crippen LogP contribution < -0.4 is 0 Å². The number of likely N-dealkylation sites (N-methyl/N-ethyl adjacent to an activating group) is 1. The van der Waals surface area contributed by atoms with Gasteiger partial charge in [-0.3, -0.25) is 0 Å². The summed E-state index contributed by atoms with van der Waals surface area (Å²) in [5.74, 6) is 0.258. The highest BCUT2D eigenvalue weighted by Gasteiger charge is 2.36. The molecule has 2 rings (SSSR count). The van der Waals surface area contributed by atoms with Crippen molar-refractivity contribution in [1.82, 2.24) is 9.46 Å². The van der Waals surface area contributed by atoms with Crippen molar-refractivity contribution in [2.45, 2.75) is 37.2 Å². The van der Waals surface area contributed by atoms with Gasteiger partial charge in [0.2, 0.25) is 10.0 Å². The second-order valence-electron chi connectivity index (χ2n) is 5.25. The van der Waals surface area contributed by atoms with Crippen molar-refractivity contribution in [1.29, 1.82) is 0 Å². The number of aryl methyl sites for hydroxylation is 2. The summed E-state index contributed by atoms with van der Waals surface area (Å²) in [4.78, 5) is 0.0793. The fourth-order valence-electron chi connectivity index (χ4n) is 2.41. The molecular formula is C12H20N2O5S. The van der Waals surface area contributed by atoms with Gasteiger partial charge in [-0.2, -0.15) is 4.31 Å². The molecule has 2 heterocycles. The summed E-state index contributed by atoms with van der Waals surface area (Å²) in [6.07, 6.45) is 0.850. The smallest absolute Gasteiger partial charge is 0.248 e. The van der Waals surface area contributed by atoms with Crippen molar-refractivity contribution in [3.63, 3.8) is 0 Å². The van der Waals surface area contributed by atoms with Crippen LogP contribution in [0.25, 0.3) is 0 Å². The Kier molecular flexibility index (Phi) is 4.19. The van der Waals surface area contributed by atoms with Gasteiger partial charge in [0, 0.05) is 39.6 Å². The molecular weight excluding hydrogens is 284 g/mol. The Labute approximate surface area is 118 Å². The zero-order valence-corrected chi connectivity index (χ0v) is 12.7. The van der Waals surface area contributed by atoms with Crippen molar-refractivity contribution in [3.05, 3.63) is 11.5 Å². The molecule has 1 aromatic rings. The Bertz CT molecular complexity index is 555. The fraction of sp³-hybridized carbons (Fsp3) is 0.750. The predicted octanol–water partition coefficient (Wildman–Crippen LogP) is 0.453. The normalized spacial score (nSPS) is 19.4. The molecule has 8 heteroatoms. The van der Waals surface area contributed by atoms with E-state index in [0.717, 1.165) is 4.31 Å². The summed E-state index contributed by atoms with van der Waals surface area (Å²) in [5.41, 5.74) is -0.715. The van der Waals surface area contributed by atoms with E-state index >= 15 is 0 Å². The molecule has 1 aliphatic rings. The second kappa shape index (κ2) is 5.44. The third-order valence-electron chi connectivity index (χ3n) is 3.58. The van der Waals surface area contributed by atoms with Crippen molar-refractivity contribution in [3.8, 4) is 0 Å². The SMILES string of the molecule is Cc1noc(C)c1S(=O)(=O)N(C)CC1(O)CCOCC1. The molecule has 114 valence electrons. The van der Waals surface area contributed by atoms with Crippen LogP contribution in [0.4, 0.5) is 0 Å². The lowest BCUT2D eigenvalue weighted by Crippen LogP contribution is -2.47. The average Bonchev–Trinajstić information content (AvgIpc) is 2.69. The van der Waals surface area contributed by atoms with Gasteiger partial charge in [0.1, 0.15) is 10.6 Å². The molecule has 0 aliphatic carbocycles. The van der Waals surface area contributed by atoms with Crippen molar-refractivity contribution in [2.75, 3.05) is 26.8 Å². The van der Waals surface area contributed by atoms with Crippen LogP contribution in [0.2, 0.25) is 0 Å². The summed E-state index contributed by atoms with van der Waals surface area (Å²) in [5, 5.41) is 14.1. The van der Waals surface area contributed by atoms with E-state index in [-0.39, 0.29) is 17.2 Å². The number of rotatable bonds is 4. The lowest BCUT2D eigenvalue weighted by atomic mass is 9.95. The van der Waals surface area contributed by atoms with E-state index in [2.05, 4.69) is 5.16 Å². The van der Waals surface area contributed by atoms with Gasteiger partial charge in [0.05, 0.1) is 5.60 Å². The van der Waals surface area contributed by atoms with E-state index in [1.807, 2.05) is 0 Å². The maximum Gasteiger partial charge on any atom is 0.248 e. The Hall–Kier alpha value is -0.960. The minimum absolute atomic E-state index is 0.0305. The van der Waals surface area contributed by atoms with E-state index < -0.39 is 15.6 Å². The highest BCUT2D eigenvalue weighted by atomic mass is 32.2. The van der Waals surface area contributed by atoms with E-state index in [4.69, 9.17) is 9.26 Å². The van der Waals surface area contributed by atoms with Crippen molar-refractivity contribution in [2.24, 2.45) is 0 Å². The lowest BCUT2D eigenvalue weighted by molar-refractivity contribution is -0.0689. The summed E-state index contributed by atoms with van der Waals surface area (Å²) >= 11 is 0. The van der Waals surface area contributed by atoms with Gasteiger partial charge in [0.15, 0.2) is 5.76 Å². The summed E-state index contributed by atoms with van der Waals surface area (Å²) in [7, 11) is -2.27. The van der Waals surface area contributed by atoms with Gasteiger partial charge in [-0.15, -0.1) is 0 Å². The number of ether oxygens (including phenoxy) is 1. The zero-order chi connectivity index (χ0) is 15.0. The third kappa shape index (κ3) is 2.88. The molecule has 1 N–H and O–H groups in total. The minimum atomic E-state index is -3.72. The fourth-order valence-corrected chi connectivity index (χ4v) is 3.94. The number of aliphatic hydroxyl groups is 1. The first kappa shape index (κ1) is 15.4. The molecule has 1 aliphatic heterocycles. The molecule has 0 bridgehead atoms. The molecule has 7 nitrogen and oxygen atoms in total. The molecule has 0 saturated carbocycles. The molecule has 1 saturated heterocycles. The van der Waals surface area contributed by atoms with Crippen LogP contribution in [0.1, 0.15) is 24.3 Å². The minimum Gasteiger partial charge on any atom is -0.388 e. The standard InChI is InChI=1S/C12H20N2O5S/c1-9-11(10(2)19-13-9)20(16,17)14(3)8-12(15)4-6-18-7-5-12/h15H,4-8H2,1-3H3. The van der Waals surface area contributed by atoms with Crippen LogP contribution in [0.15, 0.2) is 9.42 Å². The number of hydrogen-bond acceptors (Lipinski definition) is 6. The van der Waals surface area contributed by atoms with E-state index in [1.165, 1.54) is 7.05 Å². The maximum absolute atomic E-state index is 12.5. The van der Waals surface area contributed by atoms with Gasteiger partial charge >= 0.3 is 0 Å². The Morgan fingerprint density at radius 1 is 1.35 bits per heavy atom. The molecule has 0 amide bonds. The average molecular weight is 304 g/mol. The monoisotopic (exact) mass is 304 g/mol. The number of sulfonamides is 1. The second-order valence-corrected chi connectivity index (χ2v) is 7.23. The van der Waals surface area contributed by atoms with Gasteiger partial charge in [0.25, 0.3) is 0 Å². The Morgan fingerprint density at radius 2 is 1.95 bits per heavy atom. The summed E-state index contributed by atoms with van der Waals surface area (Å²) < 4.78 is 36.3. The molecule has 0 atom stereocenters. The molecule has 0 aromatic carbocycles. The van der Waals surface area contributed by atoms with E-state index in [1.54, 1.807) is 13.8 Å². The first-order valence-corrected chi connectivity index (χ1v) is 7.90. The summed E-state index contributed by atoms with van der Waals surface area (Å²) in [6, 6.07) is 0. The van der Waals surface area contributed by atoms with Crippen molar-refractivity contribution < 1.29 is 22.8 Å². The van der Waals surface area contributed by atoms with Crippen LogP contribution >= 0.6 is 0 Å². The van der Waals surface area contributed by atoms with Crippen LogP contribution in [0.5, 0.6) is 0 Å². The lowest BCUT2D eigenvalue weighted by Gasteiger charge is -2.34. The van der Waals surface area contributed by atoms with Crippen LogP contribution in [-0.2, 0) is 14.8 Å². The van der Waals surface area contributed by atoms with Crippen LogP contribution in [-0.4, -0.2) is 55.4 Å². The van der Waals surface area contributed by atoms with E-state index in [0.29, 0.717) is 31.7 Å². The highest BCUT2D eigenvalue weighted by molar-refractivity contribution is 7.89. The zero-order valence-electron chi connectivity index (χ0n) is 11.9. The topological polar surface area (TPSA) is 92.9 Å². The van der Waals surface area contributed by atoms with Crippen molar-refractivity contribution >= 4 is 10.0 Å². The predicted molar refractivity (Wildman–Crippen MR) is 70.8 cm³/mol. The summed E-state index contributed by atoms with van der Waals surface area (Å²) in [6.45, 7) is 4.05. The maximum atomic E-state index is 12.5. The molecule has 1 aromatic heterocycles. The van der Waals surface area contributed by atoms with Gasteiger partial charge in [-0.1, -0.05) is 5.16 Å². The highest BCUT2D eigenvalue weighted by Crippen LogP contribution is 2.26. The number of hydrogen-bond donors (Lipinski definition) is 1. The van der Waals surface area contributed by atoms with Crippen LogP contribution in [0.3, 0.4) is 0 Å². The molecule has 0 spiro atoms. The third-order valence-corrected chi connectivity index (χ3v) is 5.63. The van der Waals surface area contributed by atoms with Crippen LogP contribution in [0, 0.1) is 13.8 Å². The van der Waals surface area contributed by atoms with Gasteiger partial charge < -0.3 is 14.4 Å². The molecule has 20 heavy (non-hydrogen) atoms.